The van der Waals surface area contributed by atoms with Gasteiger partial charge in [0.2, 0.25) is 0 Å². The minimum Gasteiger partial charge on any atom is -0.324 e. The van der Waals surface area contributed by atoms with Crippen molar-refractivity contribution in [2.24, 2.45) is 11.7 Å². The highest BCUT2D eigenvalue weighted by molar-refractivity contribution is 5.33. The maximum absolute atomic E-state index is 6.47. The number of hydrogen-bond acceptors (Lipinski definition) is 1. The van der Waals surface area contributed by atoms with Gasteiger partial charge in [0, 0.05) is 6.04 Å². The van der Waals surface area contributed by atoms with E-state index < -0.39 is 0 Å². The van der Waals surface area contributed by atoms with Crippen molar-refractivity contribution in [1.82, 2.24) is 0 Å². The van der Waals surface area contributed by atoms with E-state index in [1.807, 2.05) is 0 Å². The summed E-state index contributed by atoms with van der Waals surface area (Å²) < 4.78 is 0. The molecule has 2 aromatic rings. The summed E-state index contributed by atoms with van der Waals surface area (Å²) in [6.07, 6.45) is 3.46. The highest BCUT2D eigenvalue weighted by Crippen LogP contribution is 2.34. The molecule has 0 saturated carbocycles. The van der Waals surface area contributed by atoms with Crippen molar-refractivity contribution in [2.45, 2.75) is 32.2 Å². The molecule has 2 aromatic carbocycles. The molecular formula is C18H21N. The molecule has 2 unspecified atom stereocenters. The Bertz CT molecular complexity index is 556. The van der Waals surface area contributed by atoms with Crippen molar-refractivity contribution in [1.29, 1.82) is 0 Å². The standard InChI is InChI=1S/C18H21N/c1-13-6-8-14(9-7-13)12-16-11-10-15-4-2-3-5-17(15)18(16)19/h2-9,16,18H,10-12,19H2,1H3. The zero-order valence-corrected chi connectivity index (χ0v) is 11.5. The average Bonchev–Trinajstić information content (AvgIpc) is 2.45. The van der Waals surface area contributed by atoms with Gasteiger partial charge in [-0.2, -0.15) is 0 Å². The second-order valence-corrected chi connectivity index (χ2v) is 5.71. The molecule has 0 aromatic heterocycles. The number of benzene rings is 2. The molecule has 19 heavy (non-hydrogen) atoms. The molecule has 1 heteroatoms. The normalized spacial score (nSPS) is 22.0. The van der Waals surface area contributed by atoms with Gasteiger partial charge in [-0.05, 0) is 48.8 Å². The number of fused-ring (bicyclic) bond motifs is 1. The lowest BCUT2D eigenvalue weighted by Crippen LogP contribution is -2.28. The fraction of sp³-hybridized carbons (Fsp3) is 0.333. The van der Waals surface area contributed by atoms with Gasteiger partial charge >= 0.3 is 0 Å². The summed E-state index contributed by atoms with van der Waals surface area (Å²) in [4.78, 5) is 0. The van der Waals surface area contributed by atoms with Crippen molar-refractivity contribution >= 4 is 0 Å². The van der Waals surface area contributed by atoms with Gasteiger partial charge in [-0.25, -0.2) is 0 Å². The van der Waals surface area contributed by atoms with Crippen LogP contribution in [0.3, 0.4) is 0 Å². The van der Waals surface area contributed by atoms with E-state index >= 15 is 0 Å². The lowest BCUT2D eigenvalue weighted by atomic mass is 9.77. The fourth-order valence-corrected chi connectivity index (χ4v) is 3.12. The van der Waals surface area contributed by atoms with Crippen molar-refractivity contribution < 1.29 is 0 Å². The Labute approximate surface area is 115 Å². The van der Waals surface area contributed by atoms with Crippen molar-refractivity contribution in [2.75, 3.05) is 0 Å². The van der Waals surface area contributed by atoms with Crippen molar-refractivity contribution in [3.05, 3.63) is 70.8 Å². The Morgan fingerprint density at radius 1 is 1.05 bits per heavy atom. The minimum atomic E-state index is 0.186. The van der Waals surface area contributed by atoms with Gasteiger partial charge in [0.15, 0.2) is 0 Å². The molecule has 2 atom stereocenters. The van der Waals surface area contributed by atoms with Crippen LogP contribution in [0.5, 0.6) is 0 Å². The van der Waals surface area contributed by atoms with E-state index in [4.69, 9.17) is 5.73 Å². The summed E-state index contributed by atoms with van der Waals surface area (Å²) >= 11 is 0. The lowest BCUT2D eigenvalue weighted by molar-refractivity contribution is 0.376. The summed E-state index contributed by atoms with van der Waals surface area (Å²) in [6, 6.07) is 17.7. The highest BCUT2D eigenvalue weighted by atomic mass is 14.7. The molecule has 0 heterocycles. The number of hydrogen-bond donors (Lipinski definition) is 1. The average molecular weight is 251 g/mol. The van der Waals surface area contributed by atoms with Crippen LogP contribution in [0.15, 0.2) is 48.5 Å². The predicted molar refractivity (Wildman–Crippen MR) is 80.1 cm³/mol. The molecular weight excluding hydrogens is 230 g/mol. The third-order valence-electron chi connectivity index (χ3n) is 4.33. The molecule has 1 aliphatic rings. The summed E-state index contributed by atoms with van der Waals surface area (Å²) in [5.74, 6) is 0.567. The van der Waals surface area contributed by atoms with Crippen LogP contribution in [0.1, 0.15) is 34.7 Å². The number of rotatable bonds is 2. The monoisotopic (exact) mass is 251 g/mol. The van der Waals surface area contributed by atoms with Gasteiger partial charge < -0.3 is 5.73 Å². The van der Waals surface area contributed by atoms with Crippen LogP contribution in [0, 0.1) is 12.8 Å². The SMILES string of the molecule is Cc1ccc(CC2CCc3ccccc3C2N)cc1. The third-order valence-corrected chi connectivity index (χ3v) is 4.33. The van der Waals surface area contributed by atoms with Crippen molar-refractivity contribution in [3.8, 4) is 0 Å². The Morgan fingerprint density at radius 2 is 1.79 bits per heavy atom. The zero-order valence-electron chi connectivity index (χ0n) is 11.5. The first-order valence-corrected chi connectivity index (χ1v) is 7.13. The molecule has 98 valence electrons. The Morgan fingerprint density at radius 3 is 2.58 bits per heavy atom. The molecule has 0 amide bonds. The first kappa shape index (κ1) is 12.4. The maximum atomic E-state index is 6.47. The molecule has 0 aliphatic heterocycles. The Hall–Kier alpha value is -1.60. The zero-order chi connectivity index (χ0) is 13.2. The van der Waals surface area contributed by atoms with E-state index in [2.05, 4.69) is 55.5 Å². The molecule has 0 spiro atoms. The van der Waals surface area contributed by atoms with Gasteiger partial charge in [-0.3, -0.25) is 0 Å². The first-order chi connectivity index (χ1) is 9.24. The molecule has 1 aliphatic carbocycles. The van der Waals surface area contributed by atoms with Gasteiger partial charge in [-0.1, -0.05) is 54.1 Å². The second-order valence-electron chi connectivity index (χ2n) is 5.71. The third kappa shape index (κ3) is 2.57. The highest BCUT2D eigenvalue weighted by Gasteiger charge is 2.26. The number of aryl methyl sites for hydroxylation is 2. The summed E-state index contributed by atoms with van der Waals surface area (Å²) in [5.41, 5.74) is 12.0. The van der Waals surface area contributed by atoms with Gasteiger partial charge in [0.05, 0.1) is 0 Å². The Kier molecular flexibility index (Phi) is 3.39. The van der Waals surface area contributed by atoms with E-state index in [-0.39, 0.29) is 6.04 Å². The second kappa shape index (κ2) is 5.18. The summed E-state index contributed by atoms with van der Waals surface area (Å²) in [7, 11) is 0. The predicted octanol–water partition coefficient (Wildman–Crippen LogP) is 3.80. The van der Waals surface area contributed by atoms with Crippen LogP contribution < -0.4 is 5.73 Å². The molecule has 3 rings (SSSR count). The summed E-state index contributed by atoms with van der Waals surface area (Å²) in [5, 5.41) is 0. The largest absolute Gasteiger partial charge is 0.324 e. The van der Waals surface area contributed by atoms with Crippen LogP contribution in [0.2, 0.25) is 0 Å². The minimum absolute atomic E-state index is 0.186. The fourth-order valence-electron chi connectivity index (χ4n) is 3.12. The van der Waals surface area contributed by atoms with Crippen molar-refractivity contribution in [3.63, 3.8) is 0 Å². The van der Waals surface area contributed by atoms with E-state index in [9.17, 15) is 0 Å². The number of nitrogens with two attached hydrogens (primary N) is 1. The molecule has 1 nitrogen and oxygen atoms in total. The van der Waals surface area contributed by atoms with E-state index in [1.54, 1.807) is 0 Å². The quantitative estimate of drug-likeness (QED) is 0.863. The van der Waals surface area contributed by atoms with Gasteiger partial charge in [0.25, 0.3) is 0 Å². The molecule has 0 bridgehead atoms. The molecule has 0 fully saturated rings. The van der Waals surface area contributed by atoms with Crippen LogP contribution in [-0.2, 0) is 12.8 Å². The maximum Gasteiger partial charge on any atom is 0.0329 e. The molecule has 0 saturated heterocycles. The van der Waals surface area contributed by atoms with E-state index in [1.165, 1.54) is 35.1 Å². The van der Waals surface area contributed by atoms with E-state index in [0.29, 0.717) is 5.92 Å². The summed E-state index contributed by atoms with van der Waals surface area (Å²) in [6.45, 7) is 2.13. The van der Waals surface area contributed by atoms with Crippen LogP contribution in [-0.4, -0.2) is 0 Å². The van der Waals surface area contributed by atoms with Gasteiger partial charge in [-0.15, -0.1) is 0 Å². The Balaban J connectivity index is 1.79. The van der Waals surface area contributed by atoms with E-state index in [0.717, 1.165) is 6.42 Å². The molecule has 0 radical (unpaired) electrons. The van der Waals surface area contributed by atoms with Gasteiger partial charge in [0.1, 0.15) is 0 Å². The smallest absolute Gasteiger partial charge is 0.0329 e. The first-order valence-electron chi connectivity index (χ1n) is 7.13. The topological polar surface area (TPSA) is 26.0 Å². The van der Waals surface area contributed by atoms with Crippen LogP contribution in [0.4, 0.5) is 0 Å². The lowest BCUT2D eigenvalue weighted by Gasteiger charge is -2.31. The van der Waals surface area contributed by atoms with Crippen LogP contribution >= 0.6 is 0 Å². The van der Waals surface area contributed by atoms with Crippen LogP contribution in [0.25, 0.3) is 0 Å². The molecule has 2 N–H and O–H groups in total.